The third-order valence-electron chi connectivity index (χ3n) is 5.72. The molecule has 158 valence electrons. The zero-order chi connectivity index (χ0) is 21.2. The molecule has 0 bridgehead atoms. The summed E-state index contributed by atoms with van der Waals surface area (Å²) in [4.78, 5) is 13.3. The van der Waals surface area contributed by atoms with Crippen molar-refractivity contribution in [2.24, 2.45) is 5.10 Å². The second-order valence-corrected chi connectivity index (χ2v) is 8.37. The van der Waals surface area contributed by atoms with Crippen molar-refractivity contribution in [2.75, 3.05) is 36.2 Å². The van der Waals surface area contributed by atoms with Crippen LogP contribution in [0.2, 0.25) is 0 Å². The van der Waals surface area contributed by atoms with Crippen molar-refractivity contribution in [2.45, 2.75) is 12.5 Å². The van der Waals surface area contributed by atoms with Gasteiger partial charge in [0.2, 0.25) is 0 Å². The quantitative estimate of drug-likeness (QED) is 0.424. The van der Waals surface area contributed by atoms with E-state index in [-0.39, 0.29) is 16.7 Å². The van der Waals surface area contributed by atoms with Gasteiger partial charge in [-0.15, -0.1) is 0 Å². The molecule has 1 saturated heterocycles. The van der Waals surface area contributed by atoms with Crippen molar-refractivity contribution >= 4 is 34.1 Å². The van der Waals surface area contributed by atoms with Gasteiger partial charge in [0.15, 0.2) is 0 Å². The van der Waals surface area contributed by atoms with Gasteiger partial charge in [-0.05, 0) is 40.6 Å². The molecule has 3 aromatic rings. The molecule has 0 N–H and O–H groups in total. The van der Waals surface area contributed by atoms with Gasteiger partial charge in [0.1, 0.15) is 0 Å². The van der Waals surface area contributed by atoms with Crippen molar-refractivity contribution in [3.63, 3.8) is 0 Å². The van der Waals surface area contributed by atoms with E-state index in [2.05, 4.69) is 40.6 Å². The van der Waals surface area contributed by atoms with Gasteiger partial charge in [-0.3, -0.25) is 15.1 Å². The molecule has 1 fully saturated rings. The van der Waals surface area contributed by atoms with Gasteiger partial charge in [-0.1, -0.05) is 18.2 Å². The lowest BCUT2D eigenvalue weighted by atomic mass is 9.99. The maximum atomic E-state index is 11.3. The number of nitrogens with zero attached hydrogens (tertiary/aromatic N) is 4. The van der Waals surface area contributed by atoms with E-state index in [0.29, 0.717) is 0 Å². The fraction of sp³-hybridized carbons (Fsp3) is 0.261. The monoisotopic (exact) mass is 434 g/mol. The number of benzene rings is 2. The predicted molar refractivity (Wildman–Crippen MR) is 123 cm³/mol. The van der Waals surface area contributed by atoms with Gasteiger partial charge in [0.25, 0.3) is 5.69 Å². The van der Waals surface area contributed by atoms with Crippen molar-refractivity contribution in [3.8, 4) is 0 Å². The Hall–Kier alpha value is -3.23. The number of anilines is 2. The standard InChI is InChI=1S/C23H22N4O3S/c28-27(29)21-3-1-2-20(14-21)26-23(15-22(24-26)18-8-13-31-16-18)17-4-6-19(7-5-17)25-9-11-30-12-10-25/h1-8,13-14,16,23H,9-12,15H2. The van der Waals surface area contributed by atoms with E-state index in [1.54, 1.807) is 23.5 Å². The lowest BCUT2D eigenvalue weighted by Gasteiger charge is -2.29. The van der Waals surface area contributed by atoms with Gasteiger partial charge in [-0.25, -0.2) is 0 Å². The molecule has 7 nitrogen and oxygen atoms in total. The maximum Gasteiger partial charge on any atom is 0.271 e. The molecule has 2 aromatic carbocycles. The number of hydrazone groups is 1. The van der Waals surface area contributed by atoms with Crippen LogP contribution in [0, 0.1) is 10.1 Å². The molecule has 2 aliphatic rings. The van der Waals surface area contributed by atoms with E-state index >= 15 is 0 Å². The molecule has 1 unspecified atom stereocenters. The summed E-state index contributed by atoms with van der Waals surface area (Å²) in [6, 6.07) is 17.3. The van der Waals surface area contributed by atoms with E-state index in [1.165, 1.54) is 11.8 Å². The Bertz CT molecular complexity index is 1090. The molecule has 0 radical (unpaired) electrons. The lowest BCUT2D eigenvalue weighted by molar-refractivity contribution is -0.384. The Morgan fingerprint density at radius 3 is 2.58 bits per heavy atom. The van der Waals surface area contributed by atoms with E-state index in [4.69, 9.17) is 9.84 Å². The molecule has 8 heteroatoms. The number of nitro benzene ring substituents is 1. The van der Waals surface area contributed by atoms with Crippen LogP contribution in [0.4, 0.5) is 17.1 Å². The molecule has 31 heavy (non-hydrogen) atoms. The predicted octanol–water partition coefficient (Wildman–Crippen LogP) is 4.85. The highest BCUT2D eigenvalue weighted by atomic mass is 32.1. The second-order valence-electron chi connectivity index (χ2n) is 7.59. The minimum Gasteiger partial charge on any atom is -0.378 e. The van der Waals surface area contributed by atoms with Crippen molar-refractivity contribution in [1.82, 2.24) is 0 Å². The first-order chi connectivity index (χ1) is 15.2. The molecule has 0 amide bonds. The summed E-state index contributed by atoms with van der Waals surface area (Å²) < 4.78 is 5.45. The lowest BCUT2D eigenvalue weighted by Crippen LogP contribution is -2.36. The third-order valence-corrected chi connectivity index (χ3v) is 6.41. The van der Waals surface area contributed by atoms with Crippen LogP contribution in [0.3, 0.4) is 0 Å². The van der Waals surface area contributed by atoms with Crippen LogP contribution in [0.15, 0.2) is 70.5 Å². The van der Waals surface area contributed by atoms with E-state index < -0.39 is 0 Å². The number of hydrogen-bond acceptors (Lipinski definition) is 7. The number of ether oxygens (including phenoxy) is 1. The molecule has 0 spiro atoms. The van der Waals surface area contributed by atoms with Crippen LogP contribution in [-0.4, -0.2) is 36.9 Å². The van der Waals surface area contributed by atoms with Crippen molar-refractivity contribution < 1.29 is 9.66 Å². The Labute approximate surface area is 184 Å². The zero-order valence-electron chi connectivity index (χ0n) is 16.9. The first kappa shape index (κ1) is 19.7. The highest BCUT2D eigenvalue weighted by molar-refractivity contribution is 7.08. The molecule has 5 rings (SSSR count). The smallest absolute Gasteiger partial charge is 0.271 e. The van der Waals surface area contributed by atoms with E-state index in [9.17, 15) is 10.1 Å². The molecule has 3 heterocycles. The Morgan fingerprint density at radius 1 is 1.06 bits per heavy atom. The summed E-state index contributed by atoms with van der Waals surface area (Å²) in [5.41, 5.74) is 5.21. The highest BCUT2D eigenvalue weighted by Gasteiger charge is 2.31. The summed E-state index contributed by atoms with van der Waals surface area (Å²) in [6.07, 6.45) is 0.746. The number of non-ortho nitro benzene ring substituents is 1. The SMILES string of the molecule is O=[N+]([O-])c1cccc(N2N=C(c3ccsc3)CC2c2ccc(N3CCOCC3)cc2)c1. The van der Waals surface area contributed by atoms with Crippen LogP contribution in [0.1, 0.15) is 23.6 Å². The summed E-state index contributed by atoms with van der Waals surface area (Å²) in [5.74, 6) is 0. The van der Waals surface area contributed by atoms with Crippen molar-refractivity contribution in [1.29, 1.82) is 0 Å². The number of morpholine rings is 1. The molecule has 1 aromatic heterocycles. The Morgan fingerprint density at radius 2 is 1.87 bits per heavy atom. The van der Waals surface area contributed by atoms with Gasteiger partial charge < -0.3 is 9.64 Å². The molecule has 0 aliphatic carbocycles. The van der Waals surface area contributed by atoms with Crippen LogP contribution >= 0.6 is 11.3 Å². The molecule has 0 saturated carbocycles. The van der Waals surface area contributed by atoms with Crippen LogP contribution in [-0.2, 0) is 4.74 Å². The summed E-state index contributed by atoms with van der Waals surface area (Å²) >= 11 is 1.64. The van der Waals surface area contributed by atoms with E-state index in [1.807, 2.05) is 16.5 Å². The average Bonchev–Trinajstić information content (AvgIpc) is 3.50. The van der Waals surface area contributed by atoms with Crippen LogP contribution in [0.5, 0.6) is 0 Å². The summed E-state index contributed by atoms with van der Waals surface area (Å²) in [7, 11) is 0. The van der Waals surface area contributed by atoms with Crippen LogP contribution < -0.4 is 9.91 Å². The fourth-order valence-electron chi connectivity index (χ4n) is 4.09. The number of hydrogen-bond donors (Lipinski definition) is 0. The normalized spacial score (nSPS) is 18.8. The van der Waals surface area contributed by atoms with E-state index in [0.717, 1.165) is 55.3 Å². The fourth-order valence-corrected chi connectivity index (χ4v) is 4.75. The Kier molecular flexibility index (Phi) is 5.40. The first-order valence-electron chi connectivity index (χ1n) is 10.3. The second kappa shape index (κ2) is 8.49. The molecular formula is C23H22N4O3S. The van der Waals surface area contributed by atoms with Gasteiger partial charge in [0, 0.05) is 42.9 Å². The number of thiophene rings is 1. The average molecular weight is 435 g/mol. The topological polar surface area (TPSA) is 71.2 Å². The number of rotatable bonds is 5. The highest BCUT2D eigenvalue weighted by Crippen LogP contribution is 2.38. The molecule has 1 atom stereocenters. The maximum absolute atomic E-state index is 11.3. The largest absolute Gasteiger partial charge is 0.378 e. The Balaban J connectivity index is 1.47. The minimum absolute atomic E-state index is 0.0179. The minimum atomic E-state index is -0.366. The van der Waals surface area contributed by atoms with Crippen molar-refractivity contribution in [3.05, 3.63) is 86.6 Å². The van der Waals surface area contributed by atoms with Gasteiger partial charge >= 0.3 is 0 Å². The summed E-state index contributed by atoms with van der Waals surface area (Å²) in [6.45, 7) is 3.30. The molecular weight excluding hydrogens is 412 g/mol. The summed E-state index contributed by atoms with van der Waals surface area (Å²) in [5, 5.41) is 22.2. The number of nitro groups is 1. The molecule has 2 aliphatic heterocycles. The van der Waals surface area contributed by atoms with Gasteiger partial charge in [0.05, 0.1) is 35.6 Å². The van der Waals surface area contributed by atoms with Crippen LogP contribution in [0.25, 0.3) is 0 Å². The first-order valence-corrected chi connectivity index (χ1v) is 11.2. The zero-order valence-corrected chi connectivity index (χ0v) is 17.7. The third kappa shape index (κ3) is 4.04. The van der Waals surface area contributed by atoms with Gasteiger partial charge in [-0.2, -0.15) is 16.4 Å².